The molecule has 2 nitrogen and oxygen atoms in total. The fourth-order valence-electron chi connectivity index (χ4n) is 4.25. The molecule has 1 fully saturated rings. The van der Waals surface area contributed by atoms with E-state index in [1.807, 2.05) is 0 Å². The molecule has 0 aliphatic heterocycles. The number of hydrogen-bond acceptors (Lipinski definition) is 2. The number of hydrogen-bond donors (Lipinski definition) is 1. The number of carbonyl (C=O) groups is 1. The van der Waals surface area contributed by atoms with Crippen LogP contribution < -0.4 is 0 Å². The summed E-state index contributed by atoms with van der Waals surface area (Å²) in [6, 6.07) is 11.1. The zero-order chi connectivity index (χ0) is 24.2. The van der Waals surface area contributed by atoms with Crippen molar-refractivity contribution in [3.63, 3.8) is 0 Å². The fourth-order valence-corrected chi connectivity index (χ4v) is 4.78. The van der Waals surface area contributed by atoms with Crippen LogP contribution in [0.2, 0.25) is 0 Å². The SMILES string of the molecule is CCCCCC[C@H]1CC[C@H](c2ccc(SC(F)F)c(F)c2F)CC1.O=C(O)c1ccccc1. The van der Waals surface area contributed by atoms with Gasteiger partial charge in [-0.25, -0.2) is 13.6 Å². The molecule has 33 heavy (non-hydrogen) atoms. The molecule has 1 N–H and O–H groups in total. The van der Waals surface area contributed by atoms with Crippen molar-refractivity contribution in [1.82, 2.24) is 0 Å². The maximum atomic E-state index is 14.2. The maximum Gasteiger partial charge on any atom is 0.335 e. The van der Waals surface area contributed by atoms with Crippen molar-refractivity contribution in [3.05, 3.63) is 65.2 Å². The Morgan fingerprint density at radius 2 is 1.64 bits per heavy atom. The summed E-state index contributed by atoms with van der Waals surface area (Å²) in [5.41, 5.74) is 0.688. The Morgan fingerprint density at radius 3 is 2.18 bits per heavy atom. The first-order valence-corrected chi connectivity index (χ1v) is 12.4. The van der Waals surface area contributed by atoms with Gasteiger partial charge >= 0.3 is 5.97 Å². The summed E-state index contributed by atoms with van der Waals surface area (Å²) < 4.78 is 52.9. The normalized spacial score (nSPS) is 18.0. The van der Waals surface area contributed by atoms with Crippen molar-refractivity contribution in [1.29, 1.82) is 0 Å². The fraction of sp³-hybridized carbons (Fsp3) is 0.500. The summed E-state index contributed by atoms with van der Waals surface area (Å²) in [5, 5.41) is 8.38. The largest absolute Gasteiger partial charge is 0.478 e. The lowest BCUT2D eigenvalue weighted by atomic mass is 9.77. The van der Waals surface area contributed by atoms with E-state index in [4.69, 9.17) is 5.11 Å². The van der Waals surface area contributed by atoms with Crippen molar-refractivity contribution in [2.45, 2.75) is 81.3 Å². The molecule has 0 unspecified atom stereocenters. The third-order valence-corrected chi connectivity index (χ3v) is 6.81. The van der Waals surface area contributed by atoms with Crippen LogP contribution >= 0.6 is 11.8 Å². The van der Waals surface area contributed by atoms with Gasteiger partial charge in [-0.1, -0.05) is 75.1 Å². The summed E-state index contributed by atoms with van der Waals surface area (Å²) in [7, 11) is 0. The number of carboxylic acid groups (broad SMARTS) is 1. The molecule has 0 atom stereocenters. The Hall–Kier alpha value is -2.02. The number of benzene rings is 2. The van der Waals surface area contributed by atoms with Crippen LogP contribution in [0, 0.1) is 17.6 Å². The van der Waals surface area contributed by atoms with Gasteiger partial charge in [0.1, 0.15) is 0 Å². The van der Waals surface area contributed by atoms with E-state index in [-0.39, 0.29) is 22.6 Å². The van der Waals surface area contributed by atoms with Gasteiger partial charge in [0.2, 0.25) is 0 Å². The zero-order valence-electron chi connectivity index (χ0n) is 18.9. The predicted molar refractivity (Wildman–Crippen MR) is 125 cm³/mol. The number of rotatable bonds is 9. The van der Waals surface area contributed by atoms with Crippen molar-refractivity contribution in [2.24, 2.45) is 5.92 Å². The minimum atomic E-state index is -2.74. The first kappa shape index (κ1) is 27.2. The van der Waals surface area contributed by atoms with Crippen LogP contribution in [0.25, 0.3) is 0 Å². The van der Waals surface area contributed by atoms with Gasteiger partial charge in [-0.3, -0.25) is 0 Å². The Labute approximate surface area is 197 Å². The molecule has 0 spiro atoms. The molecule has 1 aliphatic rings. The van der Waals surface area contributed by atoms with E-state index in [2.05, 4.69) is 6.92 Å². The Bertz CT molecular complexity index is 853. The molecule has 2 aromatic carbocycles. The van der Waals surface area contributed by atoms with Crippen LogP contribution in [0.4, 0.5) is 17.6 Å². The van der Waals surface area contributed by atoms with Crippen molar-refractivity contribution in [3.8, 4) is 0 Å². The summed E-state index contributed by atoms with van der Waals surface area (Å²) in [5.74, 6) is -4.98. The maximum absolute atomic E-state index is 14.2. The Morgan fingerprint density at radius 1 is 0.970 bits per heavy atom. The van der Waals surface area contributed by atoms with E-state index in [9.17, 15) is 22.4 Å². The van der Waals surface area contributed by atoms with Crippen LogP contribution in [0.3, 0.4) is 0 Å². The third kappa shape index (κ3) is 9.03. The summed E-state index contributed by atoms with van der Waals surface area (Å²) >= 11 is 0.0596. The topological polar surface area (TPSA) is 37.3 Å². The standard InChI is InChI=1S/C19H26F4S.C7H6O2/c1-2-3-4-5-6-13-7-9-14(10-8-13)15-11-12-16(24-19(22)23)18(21)17(15)20;8-7(9)6-4-2-1-3-5-6/h11-14,19H,2-10H2,1H3;1-5H,(H,8,9)/t13-,14-;. The van der Waals surface area contributed by atoms with Crippen LogP contribution in [0.5, 0.6) is 0 Å². The van der Waals surface area contributed by atoms with E-state index in [1.54, 1.807) is 30.3 Å². The highest BCUT2D eigenvalue weighted by Crippen LogP contribution is 2.40. The van der Waals surface area contributed by atoms with Crippen molar-refractivity contribution >= 4 is 17.7 Å². The molecule has 7 heteroatoms. The van der Waals surface area contributed by atoms with Crippen molar-refractivity contribution < 1.29 is 27.5 Å². The quantitative estimate of drug-likeness (QED) is 0.219. The molecule has 0 aromatic heterocycles. The van der Waals surface area contributed by atoms with Gasteiger partial charge in [0.05, 0.1) is 10.5 Å². The molecular weight excluding hydrogens is 452 g/mol. The van der Waals surface area contributed by atoms with Gasteiger partial charge in [-0.2, -0.15) is 8.78 Å². The van der Waals surface area contributed by atoms with Crippen LogP contribution in [-0.4, -0.2) is 16.8 Å². The van der Waals surface area contributed by atoms with Crippen molar-refractivity contribution in [2.75, 3.05) is 0 Å². The van der Waals surface area contributed by atoms with Gasteiger partial charge in [0.15, 0.2) is 11.6 Å². The zero-order valence-corrected chi connectivity index (χ0v) is 19.7. The average molecular weight is 485 g/mol. The summed E-state index contributed by atoms with van der Waals surface area (Å²) in [6.45, 7) is 2.20. The van der Waals surface area contributed by atoms with E-state index < -0.39 is 23.4 Å². The second kappa shape index (κ2) is 14.3. The van der Waals surface area contributed by atoms with Gasteiger partial charge in [-0.15, -0.1) is 0 Å². The number of aromatic carboxylic acids is 1. The molecule has 1 aliphatic carbocycles. The smallest absolute Gasteiger partial charge is 0.335 e. The lowest BCUT2D eigenvalue weighted by molar-refractivity contribution is 0.0697. The summed E-state index contributed by atoms with van der Waals surface area (Å²) in [6.07, 6.45) is 10.1. The average Bonchev–Trinajstić information content (AvgIpc) is 2.81. The molecule has 2 aromatic rings. The molecule has 1 saturated carbocycles. The van der Waals surface area contributed by atoms with Crippen LogP contribution in [-0.2, 0) is 0 Å². The highest BCUT2D eigenvalue weighted by molar-refractivity contribution is 7.99. The van der Waals surface area contributed by atoms with Gasteiger partial charge in [0.25, 0.3) is 5.76 Å². The minimum absolute atomic E-state index is 0.0111. The molecule has 3 rings (SSSR count). The number of alkyl halides is 2. The van der Waals surface area contributed by atoms with Gasteiger partial charge < -0.3 is 5.11 Å². The first-order chi connectivity index (χ1) is 15.8. The highest BCUT2D eigenvalue weighted by atomic mass is 32.2. The molecule has 0 radical (unpaired) electrons. The Kier molecular flexibility index (Phi) is 11.8. The van der Waals surface area contributed by atoms with Gasteiger partial charge in [0, 0.05) is 0 Å². The van der Waals surface area contributed by atoms with Crippen LogP contribution in [0.15, 0.2) is 47.4 Å². The number of halogens is 4. The lowest BCUT2D eigenvalue weighted by Gasteiger charge is -2.29. The second-order valence-electron chi connectivity index (χ2n) is 8.40. The third-order valence-electron chi connectivity index (χ3n) is 6.07. The molecule has 0 amide bonds. The Balaban J connectivity index is 0.000000357. The molecule has 0 saturated heterocycles. The lowest BCUT2D eigenvalue weighted by Crippen LogP contribution is -2.15. The minimum Gasteiger partial charge on any atom is -0.478 e. The highest BCUT2D eigenvalue weighted by Gasteiger charge is 2.26. The van der Waals surface area contributed by atoms with E-state index in [1.165, 1.54) is 44.2 Å². The van der Waals surface area contributed by atoms with E-state index in [0.29, 0.717) is 17.0 Å². The van der Waals surface area contributed by atoms with Gasteiger partial charge in [-0.05, 0) is 61.3 Å². The summed E-state index contributed by atoms with van der Waals surface area (Å²) in [4.78, 5) is 9.89. The van der Waals surface area contributed by atoms with E-state index in [0.717, 1.165) is 25.7 Å². The number of thioether (sulfide) groups is 1. The number of unbranched alkanes of at least 4 members (excludes halogenated alkanes) is 3. The number of carboxylic acids is 1. The predicted octanol–water partition coefficient (Wildman–Crippen LogP) is 8.91. The molecular formula is C26H32F4O2S. The van der Waals surface area contributed by atoms with Crippen LogP contribution in [0.1, 0.15) is 86.6 Å². The monoisotopic (exact) mass is 484 g/mol. The first-order valence-electron chi connectivity index (χ1n) is 11.5. The molecule has 0 bridgehead atoms. The van der Waals surface area contributed by atoms with E-state index >= 15 is 0 Å². The molecule has 0 heterocycles. The second-order valence-corrected chi connectivity index (χ2v) is 9.43. The molecule has 182 valence electrons.